The van der Waals surface area contributed by atoms with Crippen LogP contribution in [0.4, 0.5) is 0 Å². The summed E-state index contributed by atoms with van der Waals surface area (Å²) in [7, 11) is 3.08. The summed E-state index contributed by atoms with van der Waals surface area (Å²) in [6.45, 7) is 1.68. The summed E-state index contributed by atoms with van der Waals surface area (Å²) in [5.41, 5.74) is 1.22. The van der Waals surface area contributed by atoms with Crippen molar-refractivity contribution in [1.82, 2.24) is 0 Å². The predicted octanol–water partition coefficient (Wildman–Crippen LogP) is 3.49. The van der Waals surface area contributed by atoms with Crippen molar-refractivity contribution in [2.45, 2.75) is 6.92 Å². The molecule has 1 N–H and O–H groups in total. The van der Waals surface area contributed by atoms with Crippen LogP contribution in [0.3, 0.4) is 0 Å². The van der Waals surface area contributed by atoms with E-state index in [9.17, 15) is 9.90 Å². The van der Waals surface area contributed by atoms with Gasteiger partial charge < -0.3 is 19.0 Å². The number of methoxy groups -OCH3 is 2. The lowest BCUT2D eigenvalue weighted by atomic mass is 10.1. The number of hydrogen-bond donors (Lipinski definition) is 1. The second-order valence-corrected chi connectivity index (χ2v) is 5.13. The number of phenolic OH excluding ortho intramolecular Hbond substituents is 1. The minimum absolute atomic E-state index is 0.116. The first-order valence-electron chi connectivity index (χ1n) is 7.04. The maximum Gasteiger partial charge on any atom is 0.197 e. The molecule has 0 fully saturated rings. The monoisotopic (exact) mass is 312 g/mol. The summed E-state index contributed by atoms with van der Waals surface area (Å²) < 4.78 is 16.1. The lowest BCUT2D eigenvalue weighted by Crippen LogP contribution is -2.02. The lowest BCUT2D eigenvalue weighted by Gasteiger charge is -2.10. The first-order valence-corrected chi connectivity index (χ1v) is 7.04. The molecule has 3 rings (SSSR count). The average Bonchev–Trinajstić information content (AvgIpc) is 2.57. The third-order valence-corrected chi connectivity index (χ3v) is 3.79. The van der Waals surface area contributed by atoms with Crippen molar-refractivity contribution in [2.75, 3.05) is 14.2 Å². The van der Waals surface area contributed by atoms with Gasteiger partial charge in [0.2, 0.25) is 0 Å². The fourth-order valence-corrected chi connectivity index (χ4v) is 2.49. The summed E-state index contributed by atoms with van der Waals surface area (Å²) in [5.74, 6) is 1.47. The van der Waals surface area contributed by atoms with Crippen LogP contribution in [0.25, 0.3) is 22.3 Å². The molecule has 0 aliphatic heterocycles. The van der Waals surface area contributed by atoms with Crippen molar-refractivity contribution in [1.29, 1.82) is 0 Å². The SMILES string of the molecule is COc1ccc(-c2cc(=O)c3c(O)c(C)c(OC)cc3o2)cc1. The number of rotatable bonds is 3. The molecular formula is C18H16O5. The van der Waals surface area contributed by atoms with Gasteiger partial charge in [0.25, 0.3) is 0 Å². The van der Waals surface area contributed by atoms with Crippen LogP contribution in [0.15, 0.2) is 45.6 Å². The zero-order valence-electron chi connectivity index (χ0n) is 13.0. The van der Waals surface area contributed by atoms with E-state index < -0.39 is 0 Å². The van der Waals surface area contributed by atoms with E-state index in [1.807, 2.05) is 0 Å². The van der Waals surface area contributed by atoms with Crippen LogP contribution in [-0.2, 0) is 0 Å². The van der Waals surface area contributed by atoms with Gasteiger partial charge in [-0.2, -0.15) is 0 Å². The van der Waals surface area contributed by atoms with Gasteiger partial charge in [0, 0.05) is 23.3 Å². The topological polar surface area (TPSA) is 68.9 Å². The molecule has 1 heterocycles. The molecule has 5 nitrogen and oxygen atoms in total. The molecule has 23 heavy (non-hydrogen) atoms. The molecule has 5 heteroatoms. The van der Waals surface area contributed by atoms with E-state index >= 15 is 0 Å². The highest BCUT2D eigenvalue weighted by molar-refractivity contribution is 5.87. The van der Waals surface area contributed by atoms with Gasteiger partial charge in [-0.05, 0) is 31.2 Å². The van der Waals surface area contributed by atoms with Gasteiger partial charge in [-0.25, -0.2) is 0 Å². The zero-order chi connectivity index (χ0) is 16.6. The van der Waals surface area contributed by atoms with Gasteiger partial charge in [-0.3, -0.25) is 4.79 Å². The van der Waals surface area contributed by atoms with Crippen LogP contribution >= 0.6 is 0 Å². The maximum absolute atomic E-state index is 12.4. The Morgan fingerprint density at radius 1 is 1.04 bits per heavy atom. The molecule has 0 saturated heterocycles. The normalized spacial score (nSPS) is 10.7. The number of aromatic hydroxyl groups is 1. The number of ether oxygens (including phenoxy) is 2. The number of phenols is 1. The second kappa shape index (κ2) is 5.68. The van der Waals surface area contributed by atoms with Crippen LogP contribution < -0.4 is 14.9 Å². The van der Waals surface area contributed by atoms with Crippen LogP contribution in [0.1, 0.15) is 5.56 Å². The molecule has 0 aliphatic rings. The quantitative estimate of drug-likeness (QED) is 0.801. The van der Waals surface area contributed by atoms with Crippen molar-refractivity contribution in [3.63, 3.8) is 0 Å². The van der Waals surface area contributed by atoms with Gasteiger partial charge in [0.15, 0.2) is 5.43 Å². The molecule has 0 saturated carbocycles. The zero-order valence-corrected chi connectivity index (χ0v) is 13.0. The lowest BCUT2D eigenvalue weighted by molar-refractivity contribution is 0.403. The van der Waals surface area contributed by atoms with Gasteiger partial charge in [-0.15, -0.1) is 0 Å². The molecule has 1 aromatic heterocycles. The summed E-state index contributed by atoms with van der Waals surface area (Å²) >= 11 is 0. The summed E-state index contributed by atoms with van der Waals surface area (Å²) in [4.78, 5) is 12.4. The molecule has 2 aromatic carbocycles. The Balaban J connectivity index is 2.24. The molecule has 0 amide bonds. The number of hydrogen-bond acceptors (Lipinski definition) is 5. The molecule has 3 aromatic rings. The Hall–Kier alpha value is -2.95. The van der Waals surface area contributed by atoms with Crippen LogP contribution in [0.5, 0.6) is 17.2 Å². The Labute approximate surface area is 132 Å². The molecular weight excluding hydrogens is 296 g/mol. The van der Waals surface area contributed by atoms with Crippen LogP contribution in [0, 0.1) is 6.92 Å². The fourth-order valence-electron chi connectivity index (χ4n) is 2.49. The molecule has 0 unspecified atom stereocenters. The van der Waals surface area contributed by atoms with Crippen molar-refractivity contribution in [3.8, 4) is 28.6 Å². The maximum atomic E-state index is 12.4. The van der Waals surface area contributed by atoms with E-state index in [0.29, 0.717) is 22.8 Å². The summed E-state index contributed by atoms with van der Waals surface area (Å²) in [5, 5.41) is 10.4. The minimum atomic E-state index is -0.305. The Morgan fingerprint density at radius 3 is 2.35 bits per heavy atom. The Kier molecular flexibility index (Phi) is 3.70. The Bertz CT molecular complexity index is 923. The molecule has 0 aliphatic carbocycles. The fraction of sp³-hybridized carbons (Fsp3) is 0.167. The summed E-state index contributed by atoms with van der Waals surface area (Å²) in [6.07, 6.45) is 0. The third kappa shape index (κ3) is 2.50. The third-order valence-electron chi connectivity index (χ3n) is 3.79. The van der Waals surface area contributed by atoms with E-state index in [1.54, 1.807) is 44.4 Å². The van der Waals surface area contributed by atoms with Crippen LogP contribution in [-0.4, -0.2) is 19.3 Å². The minimum Gasteiger partial charge on any atom is -0.507 e. The molecule has 0 bridgehead atoms. The Morgan fingerprint density at radius 2 is 1.74 bits per heavy atom. The van der Waals surface area contributed by atoms with E-state index in [4.69, 9.17) is 13.9 Å². The highest BCUT2D eigenvalue weighted by atomic mass is 16.5. The number of benzene rings is 2. The van der Waals surface area contributed by atoms with E-state index in [0.717, 1.165) is 5.56 Å². The van der Waals surface area contributed by atoms with E-state index in [-0.39, 0.29) is 22.1 Å². The van der Waals surface area contributed by atoms with Crippen molar-refractivity contribution < 1.29 is 19.0 Å². The molecule has 0 radical (unpaired) electrons. The molecule has 0 spiro atoms. The first kappa shape index (κ1) is 15.0. The average molecular weight is 312 g/mol. The first-order chi connectivity index (χ1) is 11.0. The van der Waals surface area contributed by atoms with Gasteiger partial charge in [-0.1, -0.05) is 0 Å². The highest BCUT2D eigenvalue weighted by Crippen LogP contribution is 2.35. The van der Waals surface area contributed by atoms with E-state index in [2.05, 4.69) is 0 Å². The summed E-state index contributed by atoms with van der Waals surface area (Å²) in [6, 6.07) is 10.1. The van der Waals surface area contributed by atoms with Crippen LogP contribution in [0.2, 0.25) is 0 Å². The highest BCUT2D eigenvalue weighted by Gasteiger charge is 2.16. The largest absolute Gasteiger partial charge is 0.507 e. The second-order valence-electron chi connectivity index (χ2n) is 5.13. The van der Waals surface area contributed by atoms with Gasteiger partial charge in [0.05, 0.1) is 14.2 Å². The van der Waals surface area contributed by atoms with Crippen molar-refractivity contribution >= 4 is 11.0 Å². The number of fused-ring (bicyclic) bond motifs is 1. The van der Waals surface area contributed by atoms with Gasteiger partial charge in [0.1, 0.15) is 34.0 Å². The van der Waals surface area contributed by atoms with Gasteiger partial charge >= 0.3 is 0 Å². The smallest absolute Gasteiger partial charge is 0.197 e. The predicted molar refractivity (Wildman–Crippen MR) is 87.4 cm³/mol. The molecule has 0 atom stereocenters. The van der Waals surface area contributed by atoms with Crippen molar-refractivity contribution in [3.05, 3.63) is 52.2 Å². The molecule has 118 valence electrons. The van der Waals surface area contributed by atoms with Crippen molar-refractivity contribution in [2.24, 2.45) is 0 Å². The van der Waals surface area contributed by atoms with E-state index in [1.165, 1.54) is 13.2 Å². The standard InChI is InChI=1S/C18H16O5/c1-10-14(22-3)9-16-17(18(10)20)13(19)8-15(23-16)11-4-6-12(21-2)7-5-11/h4-9,20H,1-3H3.